The zero-order valence-corrected chi connectivity index (χ0v) is 12.4. The van der Waals surface area contributed by atoms with Crippen molar-refractivity contribution in [3.63, 3.8) is 0 Å². The Morgan fingerprint density at radius 1 is 1.30 bits per heavy atom. The van der Waals surface area contributed by atoms with Gasteiger partial charge in [0.2, 0.25) is 0 Å². The fourth-order valence-electron chi connectivity index (χ4n) is 2.48. The van der Waals surface area contributed by atoms with Crippen LogP contribution in [0.5, 0.6) is 0 Å². The number of benzene rings is 1. The van der Waals surface area contributed by atoms with Gasteiger partial charge in [0, 0.05) is 13.3 Å². The van der Waals surface area contributed by atoms with Gasteiger partial charge in [-0.3, -0.25) is 0 Å². The van der Waals surface area contributed by atoms with E-state index in [1.54, 1.807) is 7.11 Å². The fourth-order valence-corrected chi connectivity index (χ4v) is 2.48. The minimum Gasteiger partial charge on any atom is -0.382 e. The van der Waals surface area contributed by atoms with E-state index >= 15 is 0 Å². The van der Waals surface area contributed by atoms with Crippen LogP contribution < -0.4 is 5.73 Å². The highest BCUT2D eigenvalue weighted by atomic mass is 16.5. The summed E-state index contributed by atoms with van der Waals surface area (Å²) in [4.78, 5) is 4.26. The second-order valence-electron chi connectivity index (χ2n) is 5.73. The molecule has 4 heteroatoms. The molecule has 0 radical (unpaired) electrons. The monoisotopic (exact) mass is 273 g/mol. The van der Waals surface area contributed by atoms with Gasteiger partial charge in [-0.2, -0.15) is 0 Å². The molecule has 0 unspecified atom stereocenters. The Morgan fingerprint density at radius 2 is 2.00 bits per heavy atom. The molecular weight excluding hydrogens is 250 g/mol. The molecule has 0 aliphatic heterocycles. The molecule has 1 aromatic heterocycles. The fraction of sp³-hybridized carbons (Fsp3) is 0.438. The third-order valence-corrected chi connectivity index (χ3v) is 3.50. The minimum absolute atomic E-state index is 0.0731. The molecule has 4 nitrogen and oxygen atoms in total. The summed E-state index contributed by atoms with van der Waals surface area (Å²) in [5.41, 5.74) is 8.48. The molecule has 1 atom stereocenters. The summed E-state index contributed by atoms with van der Waals surface area (Å²) in [6.45, 7) is 4.86. The molecule has 20 heavy (non-hydrogen) atoms. The normalized spacial score (nSPS) is 13.4. The van der Waals surface area contributed by atoms with Crippen LogP contribution in [-0.4, -0.2) is 23.3 Å². The van der Waals surface area contributed by atoms with Crippen molar-refractivity contribution in [2.75, 3.05) is 13.7 Å². The van der Waals surface area contributed by atoms with Crippen molar-refractivity contribution in [3.8, 4) is 0 Å². The van der Waals surface area contributed by atoms with Gasteiger partial charge in [-0.25, -0.2) is 4.98 Å². The average molecular weight is 273 g/mol. The SMILES string of the molecule is COCC(C)(C)n1cncc1[C@H](N)Cc1ccccc1. The molecule has 0 saturated heterocycles. The van der Waals surface area contributed by atoms with Crippen LogP contribution >= 0.6 is 0 Å². The largest absolute Gasteiger partial charge is 0.382 e. The van der Waals surface area contributed by atoms with Crippen LogP contribution in [0, 0.1) is 0 Å². The van der Waals surface area contributed by atoms with Crippen molar-refractivity contribution in [1.82, 2.24) is 9.55 Å². The average Bonchev–Trinajstić information content (AvgIpc) is 2.90. The smallest absolute Gasteiger partial charge is 0.0954 e. The Morgan fingerprint density at radius 3 is 2.65 bits per heavy atom. The molecule has 1 aromatic carbocycles. The first-order valence-corrected chi connectivity index (χ1v) is 6.86. The summed E-state index contributed by atoms with van der Waals surface area (Å²) >= 11 is 0. The van der Waals surface area contributed by atoms with Crippen molar-refractivity contribution in [2.45, 2.75) is 31.8 Å². The van der Waals surface area contributed by atoms with Gasteiger partial charge in [0.05, 0.1) is 30.2 Å². The molecule has 0 saturated carbocycles. The van der Waals surface area contributed by atoms with E-state index in [0.717, 1.165) is 12.1 Å². The molecule has 108 valence electrons. The maximum atomic E-state index is 6.36. The van der Waals surface area contributed by atoms with Gasteiger partial charge in [0.15, 0.2) is 0 Å². The summed E-state index contributed by atoms with van der Waals surface area (Å²) in [5.74, 6) is 0. The van der Waals surface area contributed by atoms with E-state index in [-0.39, 0.29) is 11.6 Å². The van der Waals surface area contributed by atoms with Crippen LogP contribution in [-0.2, 0) is 16.7 Å². The minimum atomic E-state index is -0.158. The maximum absolute atomic E-state index is 6.36. The quantitative estimate of drug-likeness (QED) is 0.880. The second-order valence-corrected chi connectivity index (χ2v) is 5.73. The van der Waals surface area contributed by atoms with E-state index < -0.39 is 0 Å². The van der Waals surface area contributed by atoms with Crippen molar-refractivity contribution in [2.24, 2.45) is 5.73 Å². The summed E-state index contributed by atoms with van der Waals surface area (Å²) in [6.07, 6.45) is 4.49. The molecule has 2 rings (SSSR count). The second kappa shape index (κ2) is 6.20. The van der Waals surface area contributed by atoms with E-state index in [1.807, 2.05) is 30.7 Å². The maximum Gasteiger partial charge on any atom is 0.0954 e. The van der Waals surface area contributed by atoms with Gasteiger partial charge in [-0.15, -0.1) is 0 Å². The van der Waals surface area contributed by atoms with E-state index in [1.165, 1.54) is 5.56 Å². The van der Waals surface area contributed by atoms with Crippen LogP contribution in [0.2, 0.25) is 0 Å². The van der Waals surface area contributed by atoms with Gasteiger partial charge in [0.25, 0.3) is 0 Å². The first-order chi connectivity index (χ1) is 9.54. The van der Waals surface area contributed by atoms with Gasteiger partial charge < -0.3 is 15.0 Å². The van der Waals surface area contributed by atoms with Gasteiger partial charge in [-0.05, 0) is 25.8 Å². The Hall–Kier alpha value is -1.65. The Kier molecular flexibility index (Phi) is 4.57. The van der Waals surface area contributed by atoms with E-state index in [0.29, 0.717) is 6.61 Å². The van der Waals surface area contributed by atoms with Gasteiger partial charge >= 0.3 is 0 Å². The lowest BCUT2D eigenvalue weighted by atomic mass is 10.0. The van der Waals surface area contributed by atoms with Crippen molar-refractivity contribution in [3.05, 3.63) is 54.1 Å². The molecule has 0 aliphatic carbocycles. The number of methoxy groups -OCH3 is 1. The summed E-state index contributed by atoms with van der Waals surface area (Å²) in [5, 5.41) is 0. The Bertz CT molecular complexity index is 534. The van der Waals surface area contributed by atoms with Crippen molar-refractivity contribution in [1.29, 1.82) is 0 Å². The topological polar surface area (TPSA) is 53.1 Å². The third-order valence-electron chi connectivity index (χ3n) is 3.50. The number of hydrogen-bond donors (Lipinski definition) is 1. The first kappa shape index (κ1) is 14.8. The molecule has 1 heterocycles. The number of ether oxygens (including phenoxy) is 1. The predicted molar refractivity (Wildman–Crippen MR) is 80.5 cm³/mol. The van der Waals surface area contributed by atoms with Crippen LogP contribution in [0.25, 0.3) is 0 Å². The standard InChI is InChI=1S/C16H23N3O/c1-16(2,11-20-3)19-12-18-10-15(19)14(17)9-13-7-5-4-6-8-13/h4-8,10,12,14H,9,11,17H2,1-3H3/t14-/m1/s1. The zero-order valence-electron chi connectivity index (χ0n) is 12.4. The number of hydrogen-bond acceptors (Lipinski definition) is 3. The van der Waals surface area contributed by atoms with E-state index in [4.69, 9.17) is 10.5 Å². The van der Waals surface area contributed by atoms with Gasteiger partial charge in [-0.1, -0.05) is 30.3 Å². The lowest BCUT2D eigenvalue weighted by molar-refractivity contribution is 0.107. The van der Waals surface area contributed by atoms with Crippen molar-refractivity contribution < 1.29 is 4.74 Å². The number of imidazole rings is 1. The lowest BCUT2D eigenvalue weighted by Crippen LogP contribution is -2.34. The number of rotatable bonds is 6. The third kappa shape index (κ3) is 3.26. The van der Waals surface area contributed by atoms with E-state index in [2.05, 4.69) is 35.5 Å². The highest BCUT2D eigenvalue weighted by Crippen LogP contribution is 2.23. The van der Waals surface area contributed by atoms with Crippen LogP contribution in [0.1, 0.15) is 31.1 Å². The molecular formula is C16H23N3O. The molecule has 0 aliphatic rings. The Balaban J connectivity index is 2.19. The zero-order chi connectivity index (χ0) is 14.6. The van der Waals surface area contributed by atoms with E-state index in [9.17, 15) is 0 Å². The molecule has 2 N–H and O–H groups in total. The molecule has 0 amide bonds. The summed E-state index contributed by atoms with van der Waals surface area (Å²) in [6, 6.07) is 10.2. The molecule has 0 fully saturated rings. The number of nitrogens with zero attached hydrogens (tertiary/aromatic N) is 2. The van der Waals surface area contributed by atoms with Crippen LogP contribution in [0.4, 0.5) is 0 Å². The summed E-state index contributed by atoms with van der Waals surface area (Å²) in [7, 11) is 1.71. The molecule has 0 spiro atoms. The highest BCUT2D eigenvalue weighted by Gasteiger charge is 2.24. The van der Waals surface area contributed by atoms with Crippen LogP contribution in [0.15, 0.2) is 42.9 Å². The van der Waals surface area contributed by atoms with Gasteiger partial charge in [0.1, 0.15) is 0 Å². The van der Waals surface area contributed by atoms with Crippen molar-refractivity contribution >= 4 is 0 Å². The lowest BCUT2D eigenvalue weighted by Gasteiger charge is -2.29. The molecule has 0 bridgehead atoms. The predicted octanol–water partition coefficient (Wildman–Crippen LogP) is 2.51. The number of aromatic nitrogens is 2. The first-order valence-electron chi connectivity index (χ1n) is 6.86. The highest BCUT2D eigenvalue weighted by molar-refractivity contribution is 5.19. The Labute approximate surface area is 120 Å². The van der Waals surface area contributed by atoms with Crippen LogP contribution in [0.3, 0.4) is 0 Å². The molecule has 2 aromatic rings. The number of nitrogens with two attached hydrogens (primary N) is 1. The summed E-state index contributed by atoms with van der Waals surface area (Å²) < 4.78 is 7.41.